The lowest BCUT2D eigenvalue weighted by Crippen LogP contribution is -2.22. The Hall–Kier alpha value is -1.10. The van der Waals surface area contributed by atoms with Crippen LogP contribution in [-0.4, -0.2) is 27.3 Å². The third kappa shape index (κ3) is 4.29. The van der Waals surface area contributed by atoms with Crippen molar-refractivity contribution >= 4 is 0 Å². The lowest BCUT2D eigenvalue weighted by Gasteiger charge is -2.16. The molecule has 1 atom stereocenters. The van der Waals surface area contributed by atoms with Crippen molar-refractivity contribution in [1.29, 1.82) is 0 Å². The Morgan fingerprint density at radius 3 is 2.72 bits per heavy atom. The van der Waals surface area contributed by atoms with Gasteiger partial charge in [-0.05, 0) is 44.1 Å². The zero-order valence-corrected chi connectivity index (χ0v) is 11.5. The molecule has 0 amide bonds. The summed E-state index contributed by atoms with van der Waals surface area (Å²) >= 11 is 0. The van der Waals surface area contributed by atoms with Gasteiger partial charge in [0, 0.05) is 18.7 Å². The van der Waals surface area contributed by atoms with Gasteiger partial charge < -0.3 is 20.5 Å². The van der Waals surface area contributed by atoms with Crippen molar-refractivity contribution in [3.8, 4) is 5.75 Å². The number of rotatable bonds is 8. The van der Waals surface area contributed by atoms with Crippen LogP contribution in [0.5, 0.6) is 5.75 Å². The number of benzene rings is 1. The van der Waals surface area contributed by atoms with Crippen molar-refractivity contribution in [2.75, 3.05) is 27.3 Å². The number of hydrogen-bond donors (Lipinski definition) is 2. The van der Waals surface area contributed by atoms with Crippen LogP contribution in [0.3, 0.4) is 0 Å². The van der Waals surface area contributed by atoms with Gasteiger partial charge in [-0.15, -0.1) is 0 Å². The molecule has 0 saturated heterocycles. The third-order valence-electron chi connectivity index (χ3n) is 2.94. The Labute approximate surface area is 109 Å². The fourth-order valence-electron chi connectivity index (χ4n) is 1.87. The number of hydrogen-bond acceptors (Lipinski definition) is 4. The van der Waals surface area contributed by atoms with Gasteiger partial charge in [-0.25, -0.2) is 0 Å². The average molecular weight is 252 g/mol. The summed E-state index contributed by atoms with van der Waals surface area (Å²) < 4.78 is 10.5. The standard InChI is InChI=1S/C14H24N2O2/c1-11(16-8-4-7-15)12-5-6-14(18-3)13(9-12)10-17-2/h5-6,9,11,16H,4,7-8,10,15H2,1-3H3. The Kier molecular flexibility index (Phi) is 6.72. The van der Waals surface area contributed by atoms with Crippen LogP contribution in [-0.2, 0) is 11.3 Å². The summed E-state index contributed by atoms with van der Waals surface area (Å²) in [6, 6.07) is 6.50. The molecule has 0 aliphatic carbocycles. The van der Waals surface area contributed by atoms with Crippen LogP contribution in [0.25, 0.3) is 0 Å². The summed E-state index contributed by atoms with van der Waals surface area (Å²) in [5, 5.41) is 3.44. The maximum absolute atomic E-state index is 5.48. The molecular weight excluding hydrogens is 228 g/mol. The van der Waals surface area contributed by atoms with E-state index >= 15 is 0 Å². The zero-order valence-electron chi connectivity index (χ0n) is 11.5. The SMILES string of the molecule is COCc1cc(C(C)NCCCN)ccc1OC. The van der Waals surface area contributed by atoms with E-state index in [9.17, 15) is 0 Å². The van der Waals surface area contributed by atoms with Gasteiger partial charge in [-0.2, -0.15) is 0 Å². The smallest absolute Gasteiger partial charge is 0.124 e. The van der Waals surface area contributed by atoms with Crippen molar-refractivity contribution in [3.63, 3.8) is 0 Å². The highest BCUT2D eigenvalue weighted by atomic mass is 16.5. The molecule has 1 aromatic carbocycles. The second-order valence-corrected chi connectivity index (χ2v) is 4.32. The first-order chi connectivity index (χ1) is 8.72. The van der Waals surface area contributed by atoms with Crippen LogP contribution < -0.4 is 15.8 Å². The van der Waals surface area contributed by atoms with Crippen LogP contribution in [0, 0.1) is 0 Å². The first-order valence-corrected chi connectivity index (χ1v) is 6.32. The van der Waals surface area contributed by atoms with E-state index in [2.05, 4.69) is 24.4 Å². The summed E-state index contributed by atoms with van der Waals surface area (Å²) in [4.78, 5) is 0. The predicted octanol–water partition coefficient (Wildman–Crippen LogP) is 1.84. The highest BCUT2D eigenvalue weighted by Gasteiger charge is 2.09. The Morgan fingerprint density at radius 1 is 1.33 bits per heavy atom. The molecule has 0 radical (unpaired) electrons. The minimum absolute atomic E-state index is 0.304. The predicted molar refractivity (Wildman–Crippen MR) is 73.8 cm³/mol. The fraction of sp³-hybridized carbons (Fsp3) is 0.571. The topological polar surface area (TPSA) is 56.5 Å². The summed E-state index contributed by atoms with van der Waals surface area (Å²) in [6.45, 7) is 4.36. The lowest BCUT2D eigenvalue weighted by molar-refractivity contribution is 0.181. The Morgan fingerprint density at radius 2 is 2.11 bits per heavy atom. The van der Waals surface area contributed by atoms with Crippen LogP contribution in [0.4, 0.5) is 0 Å². The molecule has 1 aromatic rings. The molecule has 0 bridgehead atoms. The lowest BCUT2D eigenvalue weighted by atomic mass is 10.0. The summed E-state index contributed by atoms with van der Waals surface area (Å²) in [5.74, 6) is 0.870. The van der Waals surface area contributed by atoms with Crippen molar-refractivity contribution in [3.05, 3.63) is 29.3 Å². The van der Waals surface area contributed by atoms with Crippen molar-refractivity contribution in [2.24, 2.45) is 5.73 Å². The van der Waals surface area contributed by atoms with E-state index in [0.717, 1.165) is 30.8 Å². The molecule has 1 rings (SSSR count). The molecule has 0 aliphatic heterocycles. The van der Waals surface area contributed by atoms with Crippen LogP contribution in [0.15, 0.2) is 18.2 Å². The molecule has 0 fully saturated rings. The molecule has 3 N–H and O–H groups in total. The van der Waals surface area contributed by atoms with E-state index in [1.807, 2.05) is 6.07 Å². The summed E-state index contributed by atoms with van der Waals surface area (Å²) in [5.41, 5.74) is 7.79. The van der Waals surface area contributed by atoms with Crippen LogP contribution in [0.1, 0.15) is 30.5 Å². The first-order valence-electron chi connectivity index (χ1n) is 6.32. The number of methoxy groups -OCH3 is 2. The minimum Gasteiger partial charge on any atom is -0.496 e. The van der Waals surface area contributed by atoms with Crippen molar-refractivity contribution in [1.82, 2.24) is 5.32 Å². The van der Waals surface area contributed by atoms with E-state index in [4.69, 9.17) is 15.2 Å². The Bertz CT molecular complexity index is 356. The quantitative estimate of drug-likeness (QED) is 0.693. The fourth-order valence-corrected chi connectivity index (χ4v) is 1.87. The van der Waals surface area contributed by atoms with Gasteiger partial charge in [-0.3, -0.25) is 0 Å². The van der Waals surface area contributed by atoms with Gasteiger partial charge in [0.1, 0.15) is 5.75 Å². The van der Waals surface area contributed by atoms with E-state index in [1.54, 1.807) is 14.2 Å². The first kappa shape index (κ1) is 15.0. The molecule has 4 heteroatoms. The van der Waals surface area contributed by atoms with Crippen LogP contribution in [0.2, 0.25) is 0 Å². The number of ether oxygens (including phenoxy) is 2. The number of nitrogens with one attached hydrogen (secondary N) is 1. The summed E-state index contributed by atoms with van der Waals surface area (Å²) in [6.07, 6.45) is 0.991. The maximum Gasteiger partial charge on any atom is 0.124 e. The largest absolute Gasteiger partial charge is 0.496 e. The van der Waals surface area contributed by atoms with Gasteiger partial charge in [0.15, 0.2) is 0 Å². The highest BCUT2D eigenvalue weighted by molar-refractivity contribution is 5.38. The molecule has 0 heterocycles. The van der Waals surface area contributed by atoms with E-state index in [-0.39, 0.29) is 0 Å². The van der Waals surface area contributed by atoms with E-state index in [1.165, 1.54) is 5.56 Å². The molecule has 4 nitrogen and oxygen atoms in total. The summed E-state index contributed by atoms with van der Waals surface area (Å²) in [7, 11) is 3.37. The molecule has 0 spiro atoms. The monoisotopic (exact) mass is 252 g/mol. The van der Waals surface area contributed by atoms with Crippen molar-refractivity contribution in [2.45, 2.75) is 26.0 Å². The molecular formula is C14H24N2O2. The van der Waals surface area contributed by atoms with Crippen molar-refractivity contribution < 1.29 is 9.47 Å². The highest BCUT2D eigenvalue weighted by Crippen LogP contribution is 2.23. The van der Waals surface area contributed by atoms with Gasteiger partial charge in [-0.1, -0.05) is 6.07 Å². The molecule has 0 aromatic heterocycles. The van der Waals surface area contributed by atoms with Gasteiger partial charge in [0.2, 0.25) is 0 Å². The molecule has 0 aliphatic rings. The Balaban J connectivity index is 2.73. The van der Waals surface area contributed by atoms with Gasteiger partial charge in [0.05, 0.1) is 13.7 Å². The molecule has 18 heavy (non-hydrogen) atoms. The molecule has 1 unspecified atom stereocenters. The number of nitrogens with two attached hydrogens (primary N) is 1. The second kappa shape index (κ2) is 8.08. The third-order valence-corrected chi connectivity index (χ3v) is 2.94. The molecule has 0 saturated carbocycles. The van der Waals surface area contributed by atoms with Crippen LogP contribution >= 0.6 is 0 Å². The molecule has 102 valence electrons. The minimum atomic E-state index is 0.304. The van der Waals surface area contributed by atoms with Gasteiger partial charge in [0.25, 0.3) is 0 Å². The average Bonchev–Trinajstić information content (AvgIpc) is 2.39. The normalized spacial score (nSPS) is 12.4. The zero-order chi connectivity index (χ0) is 13.4. The maximum atomic E-state index is 5.48. The van der Waals surface area contributed by atoms with E-state index in [0.29, 0.717) is 12.6 Å². The van der Waals surface area contributed by atoms with Gasteiger partial charge >= 0.3 is 0 Å². The van der Waals surface area contributed by atoms with E-state index < -0.39 is 0 Å². The second-order valence-electron chi connectivity index (χ2n) is 4.32.